The van der Waals surface area contributed by atoms with Gasteiger partial charge in [0, 0.05) is 23.5 Å². The first-order valence-electron chi connectivity index (χ1n) is 6.91. The molecule has 3 rings (SSSR count). The number of amides is 1. The molecule has 0 spiro atoms. The summed E-state index contributed by atoms with van der Waals surface area (Å²) in [6, 6.07) is 15.6. The van der Waals surface area contributed by atoms with Gasteiger partial charge in [-0.3, -0.25) is 4.79 Å². The van der Waals surface area contributed by atoms with Crippen LogP contribution in [0.3, 0.4) is 0 Å². The smallest absolute Gasteiger partial charge is 0.228 e. The molecule has 2 aromatic carbocycles. The average molecular weight is 346 g/mol. The van der Waals surface area contributed by atoms with Crippen LogP contribution in [-0.4, -0.2) is 17.3 Å². The SMILES string of the molecule is Cc1ccc(Oc2ccc(N3CC(Br)CC3=O)cc2)cc1. The molecule has 0 aromatic heterocycles. The number of carbonyl (C=O) groups excluding carboxylic acids is 1. The summed E-state index contributed by atoms with van der Waals surface area (Å²) in [7, 11) is 0. The maximum Gasteiger partial charge on any atom is 0.228 e. The molecule has 1 fully saturated rings. The van der Waals surface area contributed by atoms with Crippen LogP contribution in [0.15, 0.2) is 48.5 Å². The topological polar surface area (TPSA) is 29.5 Å². The van der Waals surface area contributed by atoms with Crippen molar-refractivity contribution in [2.45, 2.75) is 18.2 Å². The number of carbonyl (C=O) groups is 1. The number of rotatable bonds is 3. The standard InChI is InChI=1S/C17H16BrNO2/c1-12-2-6-15(7-3-12)21-16-8-4-14(5-9-16)19-11-13(18)10-17(19)20/h2-9,13H,10-11H2,1H3. The van der Waals surface area contributed by atoms with Crippen LogP contribution >= 0.6 is 15.9 Å². The van der Waals surface area contributed by atoms with Crippen molar-refractivity contribution in [3.63, 3.8) is 0 Å². The van der Waals surface area contributed by atoms with Crippen LogP contribution in [0.25, 0.3) is 0 Å². The van der Waals surface area contributed by atoms with Gasteiger partial charge in [0.2, 0.25) is 5.91 Å². The molecule has 1 aliphatic rings. The van der Waals surface area contributed by atoms with Gasteiger partial charge in [-0.1, -0.05) is 33.6 Å². The highest BCUT2D eigenvalue weighted by Crippen LogP contribution is 2.28. The third-order valence-corrected chi connectivity index (χ3v) is 4.10. The van der Waals surface area contributed by atoms with Gasteiger partial charge in [-0.2, -0.15) is 0 Å². The largest absolute Gasteiger partial charge is 0.457 e. The highest BCUT2D eigenvalue weighted by molar-refractivity contribution is 9.09. The Kier molecular flexibility index (Phi) is 3.97. The maximum absolute atomic E-state index is 11.9. The Morgan fingerprint density at radius 1 is 1.05 bits per heavy atom. The molecule has 4 heteroatoms. The van der Waals surface area contributed by atoms with Gasteiger partial charge >= 0.3 is 0 Å². The van der Waals surface area contributed by atoms with E-state index in [1.54, 1.807) is 4.90 Å². The molecule has 0 bridgehead atoms. The molecule has 1 amide bonds. The van der Waals surface area contributed by atoms with E-state index in [2.05, 4.69) is 15.9 Å². The van der Waals surface area contributed by atoms with E-state index in [0.29, 0.717) is 6.42 Å². The van der Waals surface area contributed by atoms with Crippen LogP contribution in [0.5, 0.6) is 11.5 Å². The average Bonchev–Trinajstić information content (AvgIpc) is 2.81. The molecule has 1 aliphatic heterocycles. The van der Waals surface area contributed by atoms with E-state index < -0.39 is 0 Å². The molecule has 108 valence electrons. The number of hydrogen-bond acceptors (Lipinski definition) is 2. The Morgan fingerprint density at radius 2 is 1.62 bits per heavy atom. The molecular formula is C17H16BrNO2. The summed E-state index contributed by atoms with van der Waals surface area (Å²) in [5.74, 6) is 1.74. The van der Waals surface area contributed by atoms with E-state index in [1.807, 2.05) is 55.5 Å². The first-order chi connectivity index (χ1) is 10.1. The second-order valence-corrected chi connectivity index (χ2v) is 6.51. The Morgan fingerprint density at radius 3 is 2.14 bits per heavy atom. The second-order valence-electron chi connectivity index (χ2n) is 5.21. The summed E-state index contributed by atoms with van der Waals surface area (Å²) in [6.07, 6.45) is 0.557. The lowest BCUT2D eigenvalue weighted by molar-refractivity contribution is -0.117. The molecule has 0 N–H and O–H groups in total. The van der Waals surface area contributed by atoms with Gasteiger partial charge in [-0.15, -0.1) is 0 Å². The Labute approximate surface area is 132 Å². The monoisotopic (exact) mass is 345 g/mol. The highest BCUT2D eigenvalue weighted by atomic mass is 79.9. The van der Waals surface area contributed by atoms with Crippen LogP contribution < -0.4 is 9.64 Å². The van der Waals surface area contributed by atoms with E-state index in [9.17, 15) is 4.79 Å². The predicted octanol–water partition coefficient (Wildman–Crippen LogP) is 4.29. The van der Waals surface area contributed by atoms with E-state index in [0.717, 1.165) is 23.7 Å². The van der Waals surface area contributed by atoms with E-state index in [4.69, 9.17) is 4.74 Å². The fraction of sp³-hybridized carbons (Fsp3) is 0.235. The Bertz CT molecular complexity index is 637. The van der Waals surface area contributed by atoms with Gasteiger partial charge < -0.3 is 9.64 Å². The molecule has 0 radical (unpaired) electrons. The molecule has 2 aromatic rings. The summed E-state index contributed by atoms with van der Waals surface area (Å²) < 4.78 is 5.79. The first-order valence-corrected chi connectivity index (χ1v) is 7.82. The van der Waals surface area contributed by atoms with Gasteiger partial charge in [0.1, 0.15) is 11.5 Å². The van der Waals surface area contributed by atoms with E-state index >= 15 is 0 Å². The lowest BCUT2D eigenvalue weighted by Gasteiger charge is -2.16. The minimum Gasteiger partial charge on any atom is -0.457 e. The second kappa shape index (κ2) is 5.90. The molecular weight excluding hydrogens is 330 g/mol. The fourth-order valence-corrected chi connectivity index (χ4v) is 2.92. The van der Waals surface area contributed by atoms with Crippen LogP contribution in [0.2, 0.25) is 0 Å². The fourth-order valence-electron chi connectivity index (χ4n) is 2.35. The third kappa shape index (κ3) is 3.27. The number of aryl methyl sites for hydroxylation is 1. The number of alkyl halides is 1. The predicted molar refractivity (Wildman–Crippen MR) is 87.4 cm³/mol. The molecule has 1 heterocycles. The van der Waals surface area contributed by atoms with Crippen molar-refractivity contribution in [1.82, 2.24) is 0 Å². The number of hydrogen-bond donors (Lipinski definition) is 0. The molecule has 1 saturated heterocycles. The molecule has 21 heavy (non-hydrogen) atoms. The van der Waals surface area contributed by atoms with Gasteiger partial charge in [0.25, 0.3) is 0 Å². The summed E-state index contributed by atoms with van der Waals surface area (Å²) in [6.45, 7) is 2.76. The molecule has 1 unspecified atom stereocenters. The van der Waals surface area contributed by atoms with Crippen molar-refractivity contribution >= 4 is 27.5 Å². The van der Waals surface area contributed by atoms with Crippen molar-refractivity contribution in [3.8, 4) is 11.5 Å². The Hall–Kier alpha value is -1.81. The van der Waals surface area contributed by atoms with Crippen molar-refractivity contribution in [2.75, 3.05) is 11.4 Å². The van der Waals surface area contributed by atoms with E-state index in [1.165, 1.54) is 5.56 Å². The van der Waals surface area contributed by atoms with Crippen molar-refractivity contribution in [2.24, 2.45) is 0 Å². The van der Waals surface area contributed by atoms with Crippen LogP contribution in [-0.2, 0) is 4.79 Å². The van der Waals surface area contributed by atoms with Crippen molar-refractivity contribution in [3.05, 3.63) is 54.1 Å². The van der Waals surface area contributed by atoms with Gasteiger partial charge in [-0.25, -0.2) is 0 Å². The number of anilines is 1. The quantitative estimate of drug-likeness (QED) is 0.776. The minimum absolute atomic E-state index is 0.157. The van der Waals surface area contributed by atoms with Crippen LogP contribution in [0.1, 0.15) is 12.0 Å². The van der Waals surface area contributed by atoms with Crippen LogP contribution in [0, 0.1) is 6.92 Å². The molecule has 0 aliphatic carbocycles. The maximum atomic E-state index is 11.9. The number of halogens is 1. The van der Waals surface area contributed by atoms with Crippen LogP contribution in [0.4, 0.5) is 5.69 Å². The number of ether oxygens (including phenoxy) is 1. The molecule has 3 nitrogen and oxygen atoms in total. The Balaban J connectivity index is 1.72. The zero-order chi connectivity index (χ0) is 14.8. The van der Waals surface area contributed by atoms with Crippen molar-refractivity contribution < 1.29 is 9.53 Å². The zero-order valence-corrected chi connectivity index (χ0v) is 13.3. The lowest BCUT2D eigenvalue weighted by atomic mass is 10.2. The molecule has 1 atom stereocenters. The van der Waals surface area contributed by atoms with Gasteiger partial charge in [0.15, 0.2) is 0 Å². The van der Waals surface area contributed by atoms with Crippen molar-refractivity contribution in [1.29, 1.82) is 0 Å². The zero-order valence-electron chi connectivity index (χ0n) is 11.8. The molecule has 0 saturated carbocycles. The summed E-state index contributed by atoms with van der Waals surface area (Å²) in [4.78, 5) is 13.9. The summed E-state index contributed by atoms with van der Waals surface area (Å²) in [5, 5.41) is 0. The first kappa shape index (κ1) is 14.1. The van der Waals surface area contributed by atoms with Gasteiger partial charge in [-0.05, 0) is 43.3 Å². The van der Waals surface area contributed by atoms with E-state index in [-0.39, 0.29) is 10.7 Å². The lowest BCUT2D eigenvalue weighted by Crippen LogP contribution is -2.24. The van der Waals surface area contributed by atoms with Gasteiger partial charge in [0.05, 0.1) is 0 Å². The normalized spacial score (nSPS) is 18.1. The number of nitrogens with zero attached hydrogens (tertiary/aromatic N) is 1. The third-order valence-electron chi connectivity index (χ3n) is 3.48. The summed E-state index contributed by atoms with van der Waals surface area (Å²) in [5.41, 5.74) is 2.12. The number of benzene rings is 2. The highest BCUT2D eigenvalue weighted by Gasteiger charge is 2.28. The minimum atomic E-state index is 0.157. The summed E-state index contributed by atoms with van der Waals surface area (Å²) >= 11 is 3.49.